The van der Waals surface area contributed by atoms with Crippen molar-refractivity contribution in [2.24, 2.45) is 7.05 Å². The van der Waals surface area contributed by atoms with E-state index in [4.69, 9.17) is 4.74 Å². The van der Waals surface area contributed by atoms with Gasteiger partial charge in [-0.25, -0.2) is 17.7 Å². The van der Waals surface area contributed by atoms with Gasteiger partial charge < -0.3 is 9.64 Å². The van der Waals surface area contributed by atoms with Gasteiger partial charge in [0.05, 0.1) is 36.8 Å². The third kappa shape index (κ3) is 3.02. The van der Waals surface area contributed by atoms with Crippen molar-refractivity contribution in [1.82, 2.24) is 24.3 Å². The van der Waals surface area contributed by atoms with Crippen LogP contribution in [0.3, 0.4) is 0 Å². The third-order valence-corrected chi connectivity index (χ3v) is 5.70. The summed E-state index contributed by atoms with van der Waals surface area (Å²) >= 11 is 0. The highest BCUT2D eigenvalue weighted by Gasteiger charge is 2.30. The summed E-state index contributed by atoms with van der Waals surface area (Å²) < 4.78 is 49.5. The van der Waals surface area contributed by atoms with Gasteiger partial charge in [0, 0.05) is 30.9 Å². The van der Waals surface area contributed by atoms with Gasteiger partial charge in [-0.2, -0.15) is 10.2 Å². The molecule has 0 unspecified atom stereocenters. The molecule has 10 heteroatoms. The zero-order valence-corrected chi connectivity index (χ0v) is 17.3. The van der Waals surface area contributed by atoms with E-state index in [1.165, 1.54) is 18.0 Å². The van der Waals surface area contributed by atoms with E-state index in [2.05, 4.69) is 10.2 Å². The molecule has 0 saturated carbocycles. The summed E-state index contributed by atoms with van der Waals surface area (Å²) in [6.45, 7) is 0.601. The molecule has 0 N–H and O–H groups in total. The minimum absolute atomic E-state index is 0.199. The maximum atomic E-state index is 13.8. The molecule has 1 aromatic carbocycles. The number of pyridine rings is 1. The lowest BCUT2D eigenvalue weighted by Crippen LogP contribution is -2.36. The molecule has 5 rings (SSSR count). The van der Waals surface area contributed by atoms with Crippen LogP contribution in [0.5, 0.6) is 5.75 Å². The zero-order valence-electron chi connectivity index (χ0n) is 17.3. The number of rotatable bonds is 3. The van der Waals surface area contributed by atoms with Crippen LogP contribution in [0, 0.1) is 17.5 Å². The molecule has 164 valence electrons. The molecule has 7 nitrogen and oxygen atoms in total. The first-order valence-corrected chi connectivity index (χ1v) is 9.88. The highest BCUT2D eigenvalue weighted by Crippen LogP contribution is 2.33. The summed E-state index contributed by atoms with van der Waals surface area (Å²) in [6, 6.07) is 5.45. The fourth-order valence-corrected chi connectivity index (χ4v) is 4.25. The fourth-order valence-electron chi connectivity index (χ4n) is 4.25. The van der Waals surface area contributed by atoms with Crippen molar-refractivity contribution in [3.8, 4) is 17.0 Å². The summed E-state index contributed by atoms with van der Waals surface area (Å²) in [6.07, 6.45) is 3.67. The number of carbonyl (C=O) groups is 1. The Morgan fingerprint density at radius 2 is 1.94 bits per heavy atom. The van der Waals surface area contributed by atoms with E-state index >= 15 is 0 Å². The van der Waals surface area contributed by atoms with Crippen molar-refractivity contribution in [1.29, 1.82) is 0 Å². The SMILES string of the molecule is COc1cccn2ncc(C(=O)N3CCc4c(nn(C)c4-c4cc(F)c(F)c(F)c4)C3)c12. The van der Waals surface area contributed by atoms with Gasteiger partial charge in [-0.3, -0.25) is 9.48 Å². The first-order chi connectivity index (χ1) is 15.4. The molecule has 0 atom stereocenters. The standard InChI is InChI=1S/C22H18F3N5O2/c1-28-20(12-8-15(23)19(25)16(24)9-12)13-5-7-29(11-17(13)27-28)22(31)14-10-26-30-6-3-4-18(32-2)21(14)30/h3-4,6,8-10H,5,7,11H2,1-2H3. The molecule has 4 aromatic rings. The van der Waals surface area contributed by atoms with Crippen LogP contribution in [0.4, 0.5) is 13.2 Å². The predicted molar refractivity (Wildman–Crippen MR) is 109 cm³/mol. The van der Waals surface area contributed by atoms with Gasteiger partial charge in [0.25, 0.3) is 5.91 Å². The lowest BCUT2D eigenvalue weighted by atomic mass is 9.99. The maximum Gasteiger partial charge on any atom is 0.258 e. The lowest BCUT2D eigenvalue weighted by molar-refractivity contribution is 0.0734. The molecule has 32 heavy (non-hydrogen) atoms. The quantitative estimate of drug-likeness (QED) is 0.458. The molecule has 4 heterocycles. The predicted octanol–water partition coefficient (Wildman–Crippen LogP) is 3.36. The molecule has 0 bridgehead atoms. The Bertz CT molecular complexity index is 1350. The van der Waals surface area contributed by atoms with E-state index in [-0.39, 0.29) is 18.0 Å². The van der Waals surface area contributed by atoms with Crippen LogP contribution in [0.25, 0.3) is 16.8 Å². The van der Waals surface area contributed by atoms with Gasteiger partial charge in [0.15, 0.2) is 17.5 Å². The summed E-state index contributed by atoms with van der Waals surface area (Å²) in [5.74, 6) is -3.72. The number of aromatic nitrogens is 4. The van der Waals surface area contributed by atoms with Gasteiger partial charge >= 0.3 is 0 Å². The van der Waals surface area contributed by atoms with E-state index in [0.29, 0.717) is 41.2 Å². The van der Waals surface area contributed by atoms with E-state index in [9.17, 15) is 18.0 Å². The zero-order chi connectivity index (χ0) is 22.6. The van der Waals surface area contributed by atoms with Crippen molar-refractivity contribution < 1.29 is 22.7 Å². The Morgan fingerprint density at radius 1 is 1.19 bits per heavy atom. The summed E-state index contributed by atoms with van der Waals surface area (Å²) in [5.41, 5.74) is 3.08. The highest BCUT2D eigenvalue weighted by molar-refractivity contribution is 6.02. The number of carbonyl (C=O) groups excluding carboxylic acids is 1. The average molecular weight is 441 g/mol. The highest BCUT2D eigenvalue weighted by atomic mass is 19.2. The first kappa shape index (κ1) is 20.1. The molecule has 0 fully saturated rings. The van der Waals surface area contributed by atoms with Gasteiger partial charge in [0.1, 0.15) is 11.3 Å². The molecule has 0 spiro atoms. The van der Waals surface area contributed by atoms with E-state index in [1.54, 1.807) is 34.8 Å². The molecule has 1 aliphatic rings. The Kier molecular flexibility index (Phi) is 4.65. The number of amides is 1. The van der Waals surface area contributed by atoms with Crippen LogP contribution in [0.2, 0.25) is 0 Å². The van der Waals surface area contributed by atoms with Crippen molar-refractivity contribution in [3.05, 3.63) is 70.9 Å². The molecule has 0 aliphatic carbocycles. The van der Waals surface area contributed by atoms with E-state index < -0.39 is 17.5 Å². The first-order valence-electron chi connectivity index (χ1n) is 9.88. The topological polar surface area (TPSA) is 64.7 Å². The molecule has 1 amide bonds. The monoisotopic (exact) mass is 441 g/mol. The second kappa shape index (κ2) is 7.40. The molecular weight excluding hydrogens is 423 g/mol. The molecule has 0 radical (unpaired) electrons. The largest absolute Gasteiger partial charge is 0.494 e. The smallest absolute Gasteiger partial charge is 0.258 e. The van der Waals surface area contributed by atoms with Crippen molar-refractivity contribution in [3.63, 3.8) is 0 Å². The molecule has 3 aromatic heterocycles. The Labute approximate surface area is 180 Å². The fraction of sp³-hybridized carbons (Fsp3) is 0.227. The number of hydrogen-bond donors (Lipinski definition) is 0. The summed E-state index contributed by atoms with van der Waals surface area (Å²) in [4.78, 5) is 14.9. The summed E-state index contributed by atoms with van der Waals surface area (Å²) in [7, 11) is 3.18. The second-order valence-electron chi connectivity index (χ2n) is 7.56. The van der Waals surface area contributed by atoms with Crippen LogP contribution >= 0.6 is 0 Å². The number of ether oxygens (including phenoxy) is 1. The van der Waals surface area contributed by atoms with Gasteiger partial charge in [-0.05, 0) is 30.7 Å². The number of methoxy groups -OCH3 is 1. The van der Waals surface area contributed by atoms with Crippen molar-refractivity contribution in [2.75, 3.05) is 13.7 Å². The van der Waals surface area contributed by atoms with Crippen LogP contribution in [-0.4, -0.2) is 43.9 Å². The second-order valence-corrected chi connectivity index (χ2v) is 7.56. The number of benzene rings is 1. The third-order valence-electron chi connectivity index (χ3n) is 5.70. The van der Waals surface area contributed by atoms with Crippen LogP contribution in [-0.2, 0) is 20.0 Å². The van der Waals surface area contributed by atoms with Gasteiger partial charge in [-0.15, -0.1) is 0 Å². The Balaban J connectivity index is 1.49. The number of aryl methyl sites for hydroxylation is 1. The molecule has 0 saturated heterocycles. The van der Waals surface area contributed by atoms with Gasteiger partial charge in [0.2, 0.25) is 0 Å². The lowest BCUT2D eigenvalue weighted by Gasteiger charge is -2.26. The Morgan fingerprint density at radius 3 is 2.66 bits per heavy atom. The van der Waals surface area contributed by atoms with Crippen LogP contribution < -0.4 is 4.74 Å². The van der Waals surface area contributed by atoms with Crippen molar-refractivity contribution in [2.45, 2.75) is 13.0 Å². The number of fused-ring (bicyclic) bond motifs is 2. The maximum absolute atomic E-state index is 13.8. The average Bonchev–Trinajstić information content (AvgIpc) is 3.36. The minimum Gasteiger partial charge on any atom is -0.494 e. The van der Waals surface area contributed by atoms with Gasteiger partial charge in [-0.1, -0.05) is 0 Å². The van der Waals surface area contributed by atoms with Crippen LogP contribution in [0.1, 0.15) is 21.6 Å². The number of nitrogens with zero attached hydrogens (tertiary/aromatic N) is 5. The molecule has 1 aliphatic heterocycles. The van der Waals surface area contributed by atoms with E-state index in [0.717, 1.165) is 17.7 Å². The normalized spacial score (nSPS) is 13.5. The summed E-state index contributed by atoms with van der Waals surface area (Å²) in [5, 5.41) is 8.69. The van der Waals surface area contributed by atoms with E-state index in [1.807, 2.05) is 0 Å². The Hall–Kier alpha value is -3.82. The van der Waals surface area contributed by atoms with Crippen LogP contribution in [0.15, 0.2) is 36.7 Å². The number of halogens is 3. The molecular formula is C22H18F3N5O2. The minimum atomic E-state index is -1.51. The number of hydrogen-bond acceptors (Lipinski definition) is 4. The van der Waals surface area contributed by atoms with Crippen molar-refractivity contribution >= 4 is 11.4 Å².